The molecule has 0 saturated heterocycles. The van der Waals surface area contributed by atoms with Crippen molar-refractivity contribution >= 4 is 17.4 Å². The maximum atomic E-state index is 12.7. The van der Waals surface area contributed by atoms with Gasteiger partial charge < -0.3 is 5.32 Å². The summed E-state index contributed by atoms with van der Waals surface area (Å²) in [6.45, 7) is 4.87. The van der Waals surface area contributed by atoms with Crippen molar-refractivity contribution in [3.8, 4) is 6.07 Å². The summed E-state index contributed by atoms with van der Waals surface area (Å²) in [5, 5.41) is 12.0. The summed E-state index contributed by atoms with van der Waals surface area (Å²) in [6, 6.07) is 11.0. The minimum absolute atomic E-state index is 0.0204. The third kappa shape index (κ3) is 3.16. The molecule has 2 aromatic rings. The molecule has 0 unspecified atom stereocenters. The molecule has 5 nitrogen and oxygen atoms in total. The van der Waals surface area contributed by atoms with E-state index >= 15 is 0 Å². The number of urea groups is 1. The first kappa shape index (κ1) is 15.0. The number of nitrogens with zero attached hydrogens (tertiary/aromatic N) is 3. The number of carbonyl (C=O) groups excluding carboxylic acids is 1. The lowest BCUT2D eigenvalue weighted by Gasteiger charge is -2.39. The van der Waals surface area contributed by atoms with Crippen LogP contribution in [0, 0.1) is 16.7 Å². The molecule has 0 fully saturated rings. The number of hydrogen-bond acceptors (Lipinski definition) is 3. The van der Waals surface area contributed by atoms with Gasteiger partial charge in [-0.1, -0.05) is 19.9 Å². The SMILES string of the molecule is CC1(C)Cc2ccc(C#N)cc2N(C(=O)Nc2cccnc2)C1. The molecule has 116 valence electrons. The van der Waals surface area contributed by atoms with Crippen LogP contribution < -0.4 is 10.2 Å². The number of rotatable bonds is 1. The second kappa shape index (κ2) is 5.73. The van der Waals surface area contributed by atoms with Crippen molar-refractivity contribution in [3.63, 3.8) is 0 Å². The van der Waals surface area contributed by atoms with Crippen LogP contribution in [0.4, 0.5) is 16.2 Å². The van der Waals surface area contributed by atoms with E-state index in [1.807, 2.05) is 6.07 Å². The van der Waals surface area contributed by atoms with Gasteiger partial charge in [-0.3, -0.25) is 9.88 Å². The molecule has 5 heteroatoms. The molecule has 2 heterocycles. The number of nitrogens with one attached hydrogen (secondary N) is 1. The average molecular weight is 306 g/mol. The Morgan fingerprint density at radius 2 is 2.22 bits per heavy atom. The number of aromatic nitrogens is 1. The minimum Gasteiger partial charge on any atom is -0.306 e. The Morgan fingerprint density at radius 1 is 1.39 bits per heavy atom. The van der Waals surface area contributed by atoms with E-state index in [9.17, 15) is 4.79 Å². The number of amides is 2. The third-order valence-corrected chi connectivity index (χ3v) is 3.92. The highest BCUT2D eigenvalue weighted by atomic mass is 16.2. The van der Waals surface area contributed by atoms with Crippen molar-refractivity contribution in [1.82, 2.24) is 4.98 Å². The van der Waals surface area contributed by atoms with Crippen LogP contribution >= 0.6 is 0 Å². The van der Waals surface area contributed by atoms with Crippen LogP contribution in [-0.2, 0) is 6.42 Å². The molecule has 1 N–H and O–H groups in total. The van der Waals surface area contributed by atoms with Gasteiger partial charge in [-0.2, -0.15) is 5.26 Å². The van der Waals surface area contributed by atoms with Crippen molar-refractivity contribution in [2.24, 2.45) is 5.41 Å². The van der Waals surface area contributed by atoms with Crippen molar-refractivity contribution in [2.75, 3.05) is 16.8 Å². The first-order valence-corrected chi connectivity index (χ1v) is 7.50. The zero-order valence-corrected chi connectivity index (χ0v) is 13.2. The van der Waals surface area contributed by atoms with Gasteiger partial charge in [-0.05, 0) is 41.7 Å². The van der Waals surface area contributed by atoms with Crippen LogP contribution in [0.15, 0.2) is 42.7 Å². The van der Waals surface area contributed by atoms with Gasteiger partial charge in [0.15, 0.2) is 0 Å². The van der Waals surface area contributed by atoms with Crippen molar-refractivity contribution in [3.05, 3.63) is 53.9 Å². The second-order valence-corrected chi connectivity index (χ2v) is 6.55. The summed E-state index contributed by atoms with van der Waals surface area (Å²) in [4.78, 5) is 18.4. The molecule has 0 bridgehead atoms. The van der Waals surface area contributed by atoms with Crippen molar-refractivity contribution in [1.29, 1.82) is 5.26 Å². The van der Waals surface area contributed by atoms with Gasteiger partial charge in [0.05, 0.1) is 23.5 Å². The maximum absolute atomic E-state index is 12.7. The van der Waals surface area contributed by atoms with Gasteiger partial charge in [-0.25, -0.2) is 4.79 Å². The molecule has 0 spiro atoms. The zero-order chi connectivity index (χ0) is 16.4. The molecule has 1 aliphatic rings. The standard InChI is InChI=1S/C18H18N4O/c1-18(2)9-14-6-5-13(10-19)8-16(14)22(12-18)17(23)21-15-4-3-7-20-11-15/h3-8,11H,9,12H2,1-2H3,(H,21,23). The monoisotopic (exact) mass is 306 g/mol. The first-order valence-electron chi connectivity index (χ1n) is 7.50. The van der Waals surface area contributed by atoms with Crippen LogP contribution in [0.3, 0.4) is 0 Å². The zero-order valence-electron chi connectivity index (χ0n) is 13.2. The number of nitriles is 1. The van der Waals surface area contributed by atoms with Crippen molar-refractivity contribution in [2.45, 2.75) is 20.3 Å². The number of anilines is 2. The molecule has 3 rings (SSSR count). The summed E-state index contributed by atoms with van der Waals surface area (Å²) in [6.07, 6.45) is 4.15. The lowest BCUT2D eigenvalue weighted by molar-refractivity contribution is 0.250. The number of fused-ring (bicyclic) bond motifs is 1. The van der Waals surface area contributed by atoms with E-state index in [0.717, 1.165) is 17.7 Å². The van der Waals surface area contributed by atoms with E-state index in [2.05, 4.69) is 30.2 Å². The molecule has 0 radical (unpaired) electrons. The molecule has 0 atom stereocenters. The fourth-order valence-electron chi connectivity index (χ4n) is 2.93. The third-order valence-electron chi connectivity index (χ3n) is 3.92. The Hall–Kier alpha value is -2.87. The molecule has 23 heavy (non-hydrogen) atoms. The normalized spacial score (nSPS) is 15.4. The Balaban J connectivity index is 1.95. The van der Waals surface area contributed by atoms with Gasteiger partial charge in [0, 0.05) is 18.4 Å². The van der Waals surface area contributed by atoms with Gasteiger partial charge in [0.25, 0.3) is 0 Å². The highest BCUT2D eigenvalue weighted by Gasteiger charge is 2.33. The summed E-state index contributed by atoms with van der Waals surface area (Å²) >= 11 is 0. The Morgan fingerprint density at radius 3 is 2.91 bits per heavy atom. The van der Waals surface area contributed by atoms with Gasteiger partial charge in [-0.15, -0.1) is 0 Å². The highest BCUT2D eigenvalue weighted by Crippen LogP contribution is 2.37. The van der Waals surface area contributed by atoms with Crippen LogP contribution in [0.1, 0.15) is 25.0 Å². The smallest absolute Gasteiger partial charge is 0.306 e. The largest absolute Gasteiger partial charge is 0.326 e. The summed E-state index contributed by atoms with van der Waals surface area (Å²) < 4.78 is 0. The molecule has 0 saturated carbocycles. The highest BCUT2D eigenvalue weighted by molar-refractivity contribution is 6.02. The predicted molar refractivity (Wildman–Crippen MR) is 89.2 cm³/mol. The summed E-state index contributed by atoms with van der Waals surface area (Å²) in [7, 11) is 0. The molecular formula is C18H18N4O. The van der Waals surface area contributed by atoms with E-state index in [0.29, 0.717) is 17.8 Å². The lowest BCUT2D eigenvalue weighted by Crippen LogP contribution is -2.46. The Labute approximate surface area is 135 Å². The van der Waals surface area contributed by atoms with E-state index in [-0.39, 0.29) is 11.4 Å². The van der Waals surface area contributed by atoms with Gasteiger partial charge >= 0.3 is 6.03 Å². The van der Waals surface area contributed by atoms with Gasteiger partial charge in [0.2, 0.25) is 0 Å². The fourth-order valence-corrected chi connectivity index (χ4v) is 2.93. The number of carbonyl (C=O) groups is 1. The van der Waals surface area contributed by atoms with E-state index in [4.69, 9.17) is 5.26 Å². The van der Waals surface area contributed by atoms with Crippen LogP contribution in [0.5, 0.6) is 0 Å². The molecule has 1 aromatic heterocycles. The number of benzene rings is 1. The quantitative estimate of drug-likeness (QED) is 0.875. The maximum Gasteiger partial charge on any atom is 0.326 e. The molecule has 0 aliphatic carbocycles. The first-order chi connectivity index (χ1) is 11.0. The van der Waals surface area contributed by atoms with E-state index in [1.54, 1.807) is 41.6 Å². The van der Waals surface area contributed by atoms with E-state index in [1.165, 1.54) is 0 Å². The molecular weight excluding hydrogens is 288 g/mol. The number of pyridine rings is 1. The molecule has 2 amide bonds. The summed E-state index contributed by atoms with van der Waals surface area (Å²) in [5.41, 5.74) is 3.08. The fraction of sp³-hybridized carbons (Fsp3) is 0.278. The topological polar surface area (TPSA) is 69.0 Å². The number of hydrogen-bond donors (Lipinski definition) is 1. The van der Waals surface area contributed by atoms with Crippen LogP contribution in [0.2, 0.25) is 0 Å². The lowest BCUT2D eigenvalue weighted by atomic mass is 9.81. The molecule has 1 aliphatic heterocycles. The second-order valence-electron chi connectivity index (χ2n) is 6.55. The van der Waals surface area contributed by atoms with E-state index < -0.39 is 0 Å². The van der Waals surface area contributed by atoms with Crippen molar-refractivity contribution < 1.29 is 4.79 Å². The average Bonchev–Trinajstić information content (AvgIpc) is 2.54. The Kier molecular flexibility index (Phi) is 3.75. The predicted octanol–water partition coefficient (Wildman–Crippen LogP) is 3.57. The van der Waals surface area contributed by atoms with Crippen LogP contribution in [0.25, 0.3) is 0 Å². The summed E-state index contributed by atoms with van der Waals surface area (Å²) in [5.74, 6) is 0. The van der Waals surface area contributed by atoms with Gasteiger partial charge in [0.1, 0.15) is 0 Å². The molecule has 1 aromatic carbocycles. The van der Waals surface area contributed by atoms with Crippen LogP contribution in [-0.4, -0.2) is 17.6 Å². The Bertz CT molecular complexity index is 777. The minimum atomic E-state index is -0.206.